The van der Waals surface area contributed by atoms with Gasteiger partial charge in [-0.15, -0.1) is 0 Å². The summed E-state index contributed by atoms with van der Waals surface area (Å²) in [6.45, 7) is 9.16. The van der Waals surface area contributed by atoms with Crippen LogP contribution in [0, 0.1) is 11.8 Å². The van der Waals surface area contributed by atoms with Crippen molar-refractivity contribution in [1.29, 1.82) is 0 Å². The van der Waals surface area contributed by atoms with Crippen LogP contribution >= 0.6 is 11.6 Å². The van der Waals surface area contributed by atoms with Crippen molar-refractivity contribution in [3.05, 3.63) is 34.9 Å². The van der Waals surface area contributed by atoms with E-state index in [4.69, 9.17) is 11.6 Å². The van der Waals surface area contributed by atoms with E-state index in [-0.39, 0.29) is 0 Å². The van der Waals surface area contributed by atoms with Crippen LogP contribution in [-0.4, -0.2) is 79.3 Å². The first-order valence-electron chi connectivity index (χ1n) is 9.12. The van der Waals surface area contributed by atoms with Gasteiger partial charge in [-0.25, -0.2) is 0 Å². The molecule has 0 aliphatic carbocycles. The van der Waals surface area contributed by atoms with Gasteiger partial charge in [0.05, 0.1) is 0 Å². The van der Waals surface area contributed by atoms with E-state index in [9.17, 15) is 5.11 Å². The number of hydrogen-bond acceptors (Lipinski definition) is 4. The molecule has 0 amide bonds. The van der Waals surface area contributed by atoms with Crippen LogP contribution in [0.2, 0.25) is 5.02 Å². The standard InChI is InChI=1S/C19H30ClN3O/c1-21-7-2-8-22(10-9-21)12-17-13-23(14-18(17)15-24)11-16-3-5-19(20)6-4-16/h3-6,17-18,24H,2,7-15H2,1H3/t17-,18-/m1/s1. The van der Waals surface area contributed by atoms with Crippen molar-refractivity contribution in [3.8, 4) is 0 Å². The van der Waals surface area contributed by atoms with E-state index < -0.39 is 0 Å². The van der Waals surface area contributed by atoms with Gasteiger partial charge in [0.25, 0.3) is 0 Å². The summed E-state index contributed by atoms with van der Waals surface area (Å²) in [6.07, 6.45) is 1.25. The predicted molar refractivity (Wildman–Crippen MR) is 99.3 cm³/mol. The van der Waals surface area contributed by atoms with E-state index >= 15 is 0 Å². The van der Waals surface area contributed by atoms with Crippen LogP contribution in [0.15, 0.2) is 24.3 Å². The van der Waals surface area contributed by atoms with Crippen LogP contribution in [0.1, 0.15) is 12.0 Å². The Hall–Kier alpha value is -0.650. The molecule has 24 heavy (non-hydrogen) atoms. The maximum atomic E-state index is 9.81. The lowest BCUT2D eigenvalue weighted by atomic mass is 9.96. The average molecular weight is 352 g/mol. The van der Waals surface area contributed by atoms with Gasteiger partial charge in [-0.3, -0.25) is 4.90 Å². The number of hydrogen-bond donors (Lipinski definition) is 1. The average Bonchev–Trinajstić information content (AvgIpc) is 2.83. The van der Waals surface area contributed by atoms with Gasteiger partial charge < -0.3 is 14.9 Å². The van der Waals surface area contributed by atoms with E-state index in [0.717, 1.165) is 44.3 Å². The minimum absolute atomic E-state index is 0.301. The van der Waals surface area contributed by atoms with Crippen LogP contribution in [0.25, 0.3) is 0 Å². The number of rotatable bonds is 5. The van der Waals surface area contributed by atoms with E-state index in [1.165, 1.54) is 25.1 Å². The fourth-order valence-electron chi connectivity index (χ4n) is 4.04. The molecule has 2 aliphatic heterocycles. The third-order valence-electron chi connectivity index (χ3n) is 5.51. The predicted octanol–water partition coefficient (Wildman–Crippen LogP) is 2.02. The molecule has 0 radical (unpaired) electrons. The zero-order chi connectivity index (χ0) is 16.9. The SMILES string of the molecule is CN1CCCN(C[C@@H]2CN(Cc3ccc(Cl)cc3)C[C@@H]2CO)CC1. The van der Waals surface area contributed by atoms with Crippen molar-refractivity contribution in [1.82, 2.24) is 14.7 Å². The second-order valence-electron chi connectivity index (χ2n) is 7.48. The number of benzene rings is 1. The van der Waals surface area contributed by atoms with Gasteiger partial charge in [0.15, 0.2) is 0 Å². The molecule has 1 N–H and O–H groups in total. The Morgan fingerprint density at radius 3 is 2.50 bits per heavy atom. The van der Waals surface area contributed by atoms with Crippen molar-refractivity contribution in [3.63, 3.8) is 0 Å². The van der Waals surface area contributed by atoms with Crippen molar-refractivity contribution < 1.29 is 5.11 Å². The second kappa shape index (κ2) is 8.63. The summed E-state index contributed by atoms with van der Waals surface area (Å²) in [6, 6.07) is 8.13. The van der Waals surface area contributed by atoms with Crippen molar-refractivity contribution in [2.45, 2.75) is 13.0 Å². The number of halogens is 1. The first-order valence-corrected chi connectivity index (χ1v) is 9.50. The minimum Gasteiger partial charge on any atom is -0.396 e. The molecule has 0 saturated carbocycles. The Morgan fingerprint density at radius 2 is 1.75 bits per heavy atom. The van der Waals surface area contributed by atoms with Gasteiger partial charge >= 0.3 is 0 Å². The maximum Gasteiger partial charge on any atom is 0.0475 e. The topological polar surface area (TPSA) is 30.0 Å². The number of likely N-dealkylation sites (N-methyl/N-ethyl adjacent to an activating group) is 1. The number of aliphatic hydroxyl groups is 1. The molecule has 2 saturated heterocycles. The zero-order valence-electron chi connectivity index (χ0n) is 14.7. The third-order valence-corrected chi connectivity index (χ3v) is 5.76. The molecule has 0 bridgehead atoms. The van der Waals surface area contributed by atoms with Gasteiger partial charge in [-0.1, -0.05) is 23.7 Å². The molecule has 3 rings (SSSR count). The summed E-state index contributed by atoms with van der Waals surface area (Å²) in [5.41, 5.74) is 1.30. The fraction of sp³-hybridized carbons (Fsp3) is 0.684. The highest BCUT2D eigenvalue weighted by atomic mass is 35.5. The summed E-state index contributed by atoms with van der Waals surface area (Å²) in [5.74, 6) is 0.976. The molecule has 2 fully saturated rings. The van der Waals surface area contributed by atoms with E-state index in [1.807, 2.05) is 12.1 Å². The van der Waals surface area contributed by atoms with Crippen LogP contribution in [0.3, 0.4) is 0 Å². The van der Waals surface area contributed by atoms with E-state index in [0.29, 0.717) is 18.4 Å². The van der Waals surface area contributed by atoms with Gasteiger partial charge in [-0.2, -0.15) is 0 Å². The normalized spacial score (nSPS) is 27.5. The summed E-state index contributed by atoms with van der Waals surface area (Å²) >= 11 is 5.97. The Bertz CT molecular complexity index is 510. The largest absolute Gasteiger partial charge is 0.396 e. The highest BCUT2D eigenvalue weighted by molar-refractivity contribution is 6.30. The van der Waals surface area contributed by atoms with Crippen LogP contribution in [0.4, 0.5) is 0 Å². The smallest absolute Gasteiger partial charge is 0.0475 e. The lowest BCUT2D eigenvalue weighted by molar-refractivity contribution is 0.165. The molecule has 134 valence electrons. The molecule has 2 aliphatic rings. The summed E-state index contributed by atoms with van der Waals surface area (Å²) in [4.78, 5) is 7.51. The third kappa shape index (κ3) is 4.93. The molecule has 2 heterocycles. The molecule has 0 spiro atoms. The monoisotopic (exact) mass is 351 g/mol. The first kappa shape index (κ1) is 18.2. The Labute approximate surface area is 151 Å². The zero-order valence-corrected chi connectivity index (χ0v) is 15.5. The van der Waals surface area contributed by atoms with Crippen molar-refractivity contribution in [2.75, 3.05) is 59.5 Å². The van der Waals surface area contributed by atoms with Crippen molar-refractivity contribution >= 4 is 11.6 Å². The van der Waals surface area contributed by atoms with Crippen LogP contribution < -0.4 is 0 Å². The number of likely N-dealkylation sites (tertiary alicyclic amines) is 1. The Morgan fingerprint density at radius 1 is 1.00 bits per heavy atom. The molecule has 0 aromatic heterocycles. The highest BCUT2D eigenvalue weighted by Crippen LogP contribution is 2.26. The quantitative estimate of drug-likeness (QED) is 0.879. The highest BCUT2D eigenvalue weighted by Gasteiger charge is 2.33. The molecule has 4 nitrogen and oxygen atoms in total. The molecular weight excluding hydrogens is 322 g/mol. The lowest BCUT2D eigenvalue weighted by Gasteiger charge is -2.26. The Balaban J connectivity index is 1.54. The van der Waals surface area contributed by atoms with E-state index in [1.54, 1.807) is 0 Å². The summed E-state index contributed by atoms with van der Waals surface area (Å²) < 4.78 is 0. The maximum absolute atomic E-state index is 9.81. The van der Waals surface area contributed by atoms with Crippen LogP contribution in [0.5, 0.6) is 0 Å². The van der Waals surface area contributed by atoms with Gasteiger partial charge in [0, 0.05) is 50.9 Å². The molecule has 2 atom stereocenters. The van der Waals surface area contributed by atoms with Gasteiger partial charge in [-0.05, 0) is 56.1 Å². The second-order valence-corrected chi connectivity index (χ2v) is 7.92. The molecule has 1 aromatic carbocycles. The molecule has 5 heteroatoms. The fourth-order valence-corrected chi connectivity index (χ4v) is 4.17. The Kier molecular flexibility index (Phi) is 6.53. The van der Waals surface area contributed by atoms with Crippen LogP contribution in [-0.2, 0) is 6.54 Å². The molecular formula is C19H30ClN3O. The molecule has 0 unspecified atom stereocenters. The molecule has 1 aromatic rings. The minimum atomic E-state index is 0.301. The number of aliphatic hydroxyl groups excluding tert-OH is 1. The van der Waals surface area contributed by atoms with Crippen molar-refractivity contribution in [2.24, 2.45) is 11.8 Å². The number of nitrogens with zero attached hydrogens (tertiary/aromatic N) is 3. The lowest BCUT2D eigenvalue weighted by Crippen LogP contribution is -2.36. The van der Waals surface area contributed by atoms with Gasteiger partial charge in [0.2, 0.25) is 0 Å². The van der Waals surface area contributed by atoms with E-state index in [2.05, 4.69) is 33.9 Å². The first-order chi connectivity index (χ1) is 11.6. The summed E-state index contributed by atoms with van der Waals surface area (Å²) in [7, 11) is 2.21. The van der Waals surface area contributed by atoms with Gasteiger partial charge in [0.1, 0.15) is 0 Å². The summed E-state index contributed by atoms with van der Waals surface area (Å²) in [5, 5.41) is 10.6.